The molecule has 3 aromatic heterocycles. The van der Waals surface area contributed by atoms with E-state index >= 15 is 0 Å². The Morgan fingerprint density at radius 2 is 1.86 bits per heavy atom. The number of fused-ring (bicyclic) bond motifs is 1. The molecule has 16 heteroatoms. The van der Waals surface area contributed by atoms with Gasteiger partial charge in [-0.1, -0.05) is 0 Å². The summed E-state index contributed by atoms with van der Waals surface area (Å²) in [6.07, 6.45) is -3.59. The smallest absolute Gasteiger partial charge is 0.444 e. The van der Waals surface area contributed by atoms with Crippen LogP contribution in [0.15, 0.2) is 12.3 Å². The summed E-state index contributed by atoms with van der Waals surface area (Å²) in [5.41, 5.74) is -1.60. The van der Waals surface area contributed by atoms with E-state index < -0.39 is 36.7 Å². The lowest BCUT2D eigenvalue weighted by molar-refractivity contribution is -0.144. The number of hydrogen-bond donors (Lipinski definition) is 2. The molecule has 0 aromatic carbocycles. The number of carbonyl (C=O) groups is 1. The van der Waals surface area contributed by atoms with Crippen molar-refractivity contribution >= 4 is 30.1 Å². The zero-order valence-electron chi connectivity index (χ0n) is 24.2. The van der Waals surface area contributed by atoms with Gasteiger partial charge in [0, 0.05) is 31.2 Å². The summed E-state index contributed by atoms with van der Waals surface area (Å²) >= 11 is 0. The Kier molecular flexibility index (Phi) is 7.91. The summed E-state index contributed by atoms with van der Waals surface area (Å²) < 4.78 is 57.9. The zero-order valence-corrected chi connectivity index (χ0v) is 24.2. The monoisotopic (exact) mass is 593 g/mol. The third-order valence-corrected chi connectivity index (χ3v) is 7.50. The summed E-state index contributed by atoms with van der Waals surface area (Å²) in [5.74, 6) is 0.363. The second kappa shape index (κ2) is 11.0. The summed E-state index contributed by atoms with van der Waals surface area (Å²) in [5, 5.41) is 28.5. The van der Waals surface area contributed by atoms with Crippen molar-refractivity contribution in [3.05, 3.63) is 23.7 Å². The molecule has 1 amide bonds. The fourth-order valence-corrected chi connectivity index (χ4v) is 5.55. The lowest BCUT2D eigenvalue weighted by atomic mass is 9.82. The number of aryl methyl sites for hydroxylation is 1. The number of rotatable bonds is 4. The Balaban J connectivity index is 1.59. The second-order valence-electron chi connectivity index (χ2n) is 11.8. The number of anilines is 1. The fraction of sp³-hybridized carbons (Fsp3) is 0.615. The molecule has 2 aliphatic heterocycles. The number of nitrogens with zero attached hydrogens (tertiary/aromatic N) is 7. The third-order valence-electron chi connectivity index (χ3n) is 7.50. The Morgan fingerprint density at radius 1 is 1.17 bits per heavy atom. The van der Waals surface area contributed by atoms with Crippen LogP contribution in [-0.4, -0.2) is 97.0 Å². The molecule has 0 bridgehead atoms. The van der Waals surface area contributed by atoms with Crippen molar-refractivity contribution in [1.29, 1.82) is 0 Å². The Hall–Kier alpha value is -3.37. The largest absolute Gasteiger partial charge is 0.493 e. The van der Waals surface area contributed by atoms with Crippen molar-refractivity contribution in [3.8, 4) is 11.3 Å². The molecular weight excluding hydrogens is 558 g/mol. The summed E-state index contributed by atoms with van der Waals surface area (Å²) in [7, 11) is -1.93. The molecule has 0 radical (unpaired) electrons. The highest BCUT2D eigenvalue weighted by Gasteiger charge is 2.43. The van der Waals surface area contributed by atoms with E-state index in [9.17, 15) is 28.0 Å². The molecule has 0 unspecified atom stereocenters. The highest BCUT2D eigenvalue weighted by molar-refractivity contribution is 6.60. The SMILES string of the molecule is Cc1nn(C2CCN(C(=O)OC(C)(C)C)CC2)c(C(F)(F)F)c1-c1cc(N2CCOC[C@H]2C)nc2c(B(O)O)cnn12. The first-order valence-electron chi connectivity index (χ1n) is 13.9. The molecule has 2 fully saturated rings. The highest BCUT2D eigenvalue weighted by Crippen LogP contribution is 2.42. The minimum absolute atomic E-state index is 0.0298. The van der Waals surface area contributed by atoms with Gasteiger partial charge >= 0.3 is 19.4 Å². The van der Waals surface area contributed by atoms with Gasteiger partial charge in [-0.2, -0.15) is 23.4 Å². The van der Waals surface area contributed by atoms with Gasteiger partial charge in [0.2, 0.25) is 0 Å². The molecule has 2 saturated heterocycles. The van der Waals surface area contributed by atoms with E-state index in [1.54, 1.807) is 20.8 Å². The van der Waals surface area contributed by atoms with Crippen molar-refractivity contribution in [3.63, 3.8) is 0 Å². The minimum Gasteiger partial charge on any atom is -0.444 e. The van der Waals surface area contributed by atoms with Crippen molar-refractivity contribution < 1.29 is 37.5 Å². The van der Waals surface area contributed by atoms with Crippen LogP contribution in [0.2, 0.25) is 0 Å². The number of aromatic nitrogens is 5. The number of ether oxygens (including phenoxy) is 2. The molecule has 42 heavy (non-hydrogen) atoms. The first-order valence-corrected chi connectivity index (χ1v) is 13.9. The molecular formula is C26H35BF3N7O5. The zero-order chi connectivity index (χ0) is 30.6. The lowest BCUT2D eigenvalue weighted by Gasteiger charge is -2.34. The van der Waals surface area contributed by atoms with Crippen LogP contribution in [0.3, 0.4) is 0 Å². The quantitative estimate of drug-likeness (QED) is 0.438. The summed E-state index contributed by atoms with van der Waals surface area (Å²) in [6.45, 7) is 10.4. The van der Waals surface area contributed by atoms with E-state index in [1.165, 1.54) is 28.6 Å². The van der Waals surface area contributed by atoms with E-state index in [2.05, 4.69) is 15.2 Å². The van der Waals surface area contributed by atoms with Gasteiger partial charge in [0.1, 0.15) is 11.4 Å². The normalized spacial score (nSPS) is 19.0. The van der Waals surface area contributed by atoms with Gasteiger partial charge in [-0.3, -0.25) is 4.68 Å². The van der Waals surface area contributed by atoms with Gasteiger partial charge in [-0.05, 0) is 47.5 Å². The average Bonchev–Trinajstić information content (AvgIpc) is 3.49. The number of piperidine rings is 1. The van der Waals surface area contributed by atoms with E-state index in [1.807, 2.05) is 11.8 Å². The molecule has 2 N–H and O–H groups in total. The standard InChI is InChI=1S/C26H35BF3N7O5/c1-15-14-41-11-10-35(15)20-12-19(37-23(32-20)18(13-31-37)27(39)40)21-16(2)33-36(22(21)26(28,29)30)17-6-8-34(9-7-17)24(38)42-25(3,4)5/h12-13,15,17,39-40H,6-11,14H2,1-5H3/t15-/m1/s1. The van der Waals surface area contributed by atoms with Crippen molar-refractivity contribution in [2.45, 2.75) is 71.3 Å². The molecule has 1 atom stereocenters. The van der Waals surface area contributed by atoms with Crippen LogP contribution in [0, 0.1) is 6.92 Å². The summed E-state index contributed by atoms with van der Waals surface area (Å²) in [6, 6.07) is 0.800. The number of hydrogen-bond acceptors (Lipinski definition) is 9. The number of carbonyl (C=O) groups excluding carboxylic acids is 1. The van der Waals surface area contributed by atoms with Crippen LogP contribution in [0.25, 0.3) is 16.9 Å². The topological polar surface area (TPSA) is 130 Å². The Bertz CT molecular complexity index is 1460. The molecule has 0 saturated carbocycles. The number of halogens is 3. The summed E-state index contributed by atoms with van der Waals surface area (Å²) in [4.78, 5) is 20.5. The van der Waals surface area contributed by atoms with Gasteiger partial charge < -0.3 is 29.3 Å². The molecule has 3 aromatic rings. The number of amides is 1. The van der Waals surface area contributed by atoms with Crippen LogP contribution in [0.4, 0.5) is 23.8 Å². The maximum absolute atomic E-state index is 14.9. The lowest BCUT2D eigenvalue weighted by Crippen LogP contribution is -2.44. The molecule has 228 valence electrons. The van der Waals surface area contributed by atoms with Crippen molar-refractivity contribution in [1.82, 2.24) is 29.3 Å². The number of morpholine rings is 1. The van der Waals surface area contributed by atoms with Gasteiger partial charge in [-0.25, -0.2) is 14.3 Å². The highest BCUT2D eigenvalue weighted by atomic mass is 19.4. The third kappa shape index (κ3) is 5.79. The first kappa shape index (κ1) is 30.1. The van der Waals surface area contributed by atoms with Gasteiger partial charge in [0.25, 0.3) is 0 Å². The minimum atomic E-state index is -4.78. The van der Waals surface area contributed by atoms with E-state index in [-0.39, 0.29) is 60.0 Å². The van der Waals surface area contributed by atoms with Crippen LogP contribution in [0.5, 0.6) is 0 Å². The van der Waals surface area contributed by atoms with Crippen molar-refractivity contribution in [2.75, 3.05) is 37.7 Å². The number of likely N-dealkylation sites (tertiary alicyclic amines) is 1. The van der Waals surface area contributed by atoms with Gasteiger partial charge in [-0.15, -0.1) is 0 Å². The molecule has 2 aliphatic rings. The second-order valence-corrected chi connectivity index (χ2v) is 11.8. The first-order chi connectivity index (χ1) is 19.7. The Labute approximate surface area is 241 Å². The average molecular weight is 593 g/mol. The molecule has 0 aliphatic carbocycles. The van der Waals surface area contributed by atoms with Gasteiger partial charge in [0.15, 0.2) is 11.3 Å². The van der Waals surface area contributed by atoms with Crippen LogP contribution >= 0.6 is 0 Å². The van der Waals surface area contributed by atoms with Gasteiger partial charge in [0.05, 0.1) is 48.4 Å². The predicted molar refractivity (Wildman–Crippen MR) is 147 cm³/mol. The number of alkyl halides is 3. The fourth-order valence-electron chi connectivity index (χ4n) is 5.55. The van der Waals surface area contributed by atoms with E-state index in [0.717, 1.165) is 4.68 Å². The van der Waals surface area contributed by atoms with E-state index in [0.29, 0.717) is 25.6 Å². The molecule has 5 rings (SSSR count). The molecule has 5 heterocycles. The van der Waals surface area contributed by atoms with Crippen molar-refractivity contribution in [2.24, 2.45) is 0 Å². The maximum atomic E-state index is 14.9. The van der Waals surface area contributed by atoms with Crippen LogP contribution < -0.4 is 10.4 Å². The molecule has 12 nitrogen and oxygen atoms in total. The molecule has 0 spiro atoms. The maximum Gasteiger partial charge on any atom is 0.493 e. The van der Waals surface area contributed by atoms with Crippen LogP contribution in [0.1, 0.15) is 58.0 Å². The van der Waals surface area contributed by atoms with Crippen LogP contribution in [-0.2, 0) is 15.7 Å². The predicted octanol–water partition coefficient (Wildman–Crippen LogP) is 2.40. The Morgan fingerprint density at radius 3 is 2.45 bits per heavy atom. The van der Waals surface area contributed by atoms with E-state index in [4.69, 9.17) is 9.47 Å².